The Morgan fingerprint density at radius 3 is 2.22 bits per heavy atom. The number of aliphatic hydroxyl groups excluding tert-OH is 1. The minimum atomic E-state index is -0.684. The molecule has 1 aromatic carbocycles. The van der Waals surface area contributed by atoms with Crippen LogP contribution >= 0.6 is 0 Å². The van der Waals surface area contributed by atoms with Crippen molar-refractivity contribution in [2.75, 3.05) is 20.1 Å². The van der Waals surface area contributed by atoms with Gasteiger partial charge in [-0.3, -0.25) is 4.79 Å². The van der Waals surface area contributed by atoms with Crippen LogP contribution < -0.4 is 0 Å². The fourth-order valence-corrected chi connectivity index (χ4v) is 3.76. The van der Waals surface area contributed by atoms with Gasteiger partial charge in [-0.25, -0.2) is 0 Å². The van der Waals surface area contributed by atoms with Gasteiger partial charge in [0.25, 0.3) is 5.91 Å². The molecule has 2 aliphatic heterocycles. The van der Waals surface area contributed by atoms with Gasteiger partial charge in [0.05, 0.1) is 5.57 Å². The zero-order valence-corrected chi connectivity index (χ0v) is 14.2. The van der Waals surface area contributed by atoms with Crippen molar-refractivity contribution in [2.24, 2.45) is 0 Å². The second-order valence-electron chi connectivity index (χ2n) is 6.82. The maximum Gasteiger partial charge on any atom is 0.258 e. The molecule has 0 aliphatic carbocycles. The van der Waals surface area contributed by atoms with Crippen molar-refractivity contribution in [3.63, 3.8) is 0 Å². The number of carbonyl (C=O) groups is 1. The summed E-state index contributed by atoms with van der Waals surface area (Å²) in [6.45, 7) is 6.92. The Morgan fingerprint density at radius 1 is 1.04 bits per heavy atom. The van der Waals surface area contributed by atoms with Gasteiger partial charge in [0.15, 0.2) is 0 Å². The van der Waals surface area contributed by atoms with Crippen LogP contribution in [0.5, 0.6) is 0 Å². The van der Waals surface area contributed by atoms with Crippen molar-refractivity contribution in [3.05, 3.63) is 40.1 Å². The first-order valence-electron chi connectivity index (χ1n) is 8.02. The smallest absolute Gasteiger partial charge is 0.258 e. The lowest BCUT2D eigenvalue weighted by Crippen LogP contribution is -2.53. The summed E-state index contributed by atoms with van der Waals surface area (Å²) in [7, 11) is 1.75. The minimum absolute atomic E-state index is 0.139. The molecule has 5 nitrogen and oxygen atoms in total. The molecule has 0 aromatic heterocycles. The summed E-state index contributed by atoms with van der Waals surface area (Å²) in [5.41, 5.74) is 3.82. The summed E-state index contributed by atoms with van der Waals surface area (Å²) in [5.74, 6) is 0.0182. The Hall–Kier alpha value is -1.85. The third-order valence-corrected chi connectivity index (χ3v) is 5.52. The molecule has 0 bridgehead atoms. The van der Waals surface area contributed by atoms with Gasteiger partial charge in [0.1, 0.15) is 11.3 Å². The Labute approximate surface area is 136 Å². The SMILES string of the molecule is Cc1cc(C)c(C2=C(O)C3(CCN(O)CC3)N(C)C2=O)cc1C. The van der Waals surface area contributed by atoms with Crippen LogP contribution in [-0.2, 0) is 4.79 Å². The Morgan fingerprint density at radius 2 is 1.61 bits per heavy atom. The molecule has 0 atom stereocenters. The molecule has 3 rings (SSSR count). The molecule has 2 N–H and O–H groups in total. The van der Waals surface area contributed by atoms with E-state index in [1.54, 1.807) is 11.9 Å². The van der Waals surface area contributed by atoms with Gasteiger partial charge in [-0.05, 0) is 55.9 Å². The quantitative estimate of drug-likeness (QED) is 0.836. The topological polar surface area (TPSA) is 64.0 Å². The highest BCUT2D eigenvalue weighted by Gasteiger charge is 2.52. The number of likely N-dealkylation sites (N-methyl/N-ethyl adjacent to an activating group) is 1. The van der Waals surface area contributed by atoms with Crippen molar-refractivity contribution >= 4 is 11.5 Å². The number of carbonyl (C=O) groups excluding carboxylic acids is 1. The first-order chi connectivity index (χ1) is 10.8. The van der Waals surface area contributed by atoms with E-state index in [0.29, 0.717) is 31.5 Å². The molecular formula is C18H24N2O3. The second kappa shape index (κ2) is 5.35. The average molecular weight is 316 g/mol. The number of aryl methyl sites for hydroxylation is 3. The van der Waals surface area contributed by atoms with Gasteiger partial charge >= 0.3 is 0 Å². The summed E-state index contributed by atoms with van der Waals surface area (Å²) in [6, 6.07) is 4.04. The van der Waals surface area contributed by atoms with Crippen LogP contribution in [0.1, 0.15) is 35.1 Å². The lowest BCUT2D eigenvalue weighted by atomic mass is 9.85. The first kappa shape index (κ1) is 16.0. The molecule has 0 saturated carbocycles. The summed E-state index contributed by atoms with van der Waals surface area (Å²) in [6.07, 6.45) is 1.07. The number of amides is 1. The predicted molar refractivity (Wildman–Crippen MR) is 88.3 cm³/mol. The first-order valence-corrected chi connectivity index (χ1v) is 8.02. The standard InChI is InChI=1S/C18H24N2O3/c1-11-9-13(3)14(10-12(11)2)15-16(21)18(19(4)17(15)22)5-7-20(23)8-6-18/h9-10,21,23H,5-8H2,1-4H3. The largest absolute Gasteiger partial charge is 0.509 e. The Bertz CT molecular complexity index is 700. The van der Waals surface area contributed by atoms with Crippen LogP contribution in [0.4, 0.5) is 0 Å². The van der Waals surface area contributed by atoms with Crippen LogP contribution in [0.15, 0.2) is 17.9 Å². The minimum Gasteiger partial charge on any atom is -0.509 e. The number of hydroxylamine groups is 2. The molecule has 5 heteroatoms. The Balaban J connectivity index is 2.13. The molecule has 0 unspecified atom stereocenters. The van der Waals surface area contributed by atoms with Crippen LogP contribution in [-0.4, -0.2) is 51.9 Å². The summed E-state index contributed by atoms with van der Waals surface area (Å²) < 4.78 is 0. The third-order valence-electron chi connectivity index (χ3n) is 5.52. The number of benzene rings is 1. The number of hydrogen-bond donors (Lipinski definition) is 2. The van der Waals surface area contributed by atoms with E-state index in [0.717, 1.165) is 16.7 Å². The number of nitrogens with zero attached hydrogens (tertiary/aromatic N) is 2. The highest BCUT2D eigenvalue weighted by molar-refractivity contribution is 6.23. The molecule has 1 aromatic rings. The van der Waals surface area contributed by atoms with E-state index in [1.807, 2.05) is 26.8 Å². The van der Waals surface area contributed by atoms with Gasteiger partial charge in [0.2, 0.25) is 0 Å². The normalized spacial score (nSPS) is 21.6. The molecule has 1 spiro atoms. The van der Waals surface area contributed by atoms with Gasteiger partial charge < -0.3 is 15.2 Å². The van der Waals surface area contributed by atoms with E-state index in [9.17, 15) is 15.1 Å². The van der Waals surface area contributed by atoms with Crippen molar-refractivity contribution in [1.29, 1.82) is 0 Å². The van der Waals surface area contributed by atoms with E-state index >= 15 is 0 Å². The van der Waals surface area contributed by atoms with E-state index in [2.05, 4.69) is 6.07 Å². The third kappa shape index (κ3) is 2.26. The van der Waals surface area contributed by atoms with Crippen molar-refractivity contribution in [3.8, 4) is 0 Å². The molecule has 2 aliphatic rings. The predicted octanol–water partition coefficient (Wildman–Crippen LogP) is 2.58. The maximum atomic E-state index is 12.9. The fraction of sp³-hybridized carbons (Fsp3) is 0.500. The second-order valence-corrected chi connectivity index (χ2v) is 6.82. The van der Waals surface area contributed by atoms with Crippen LogP contribution in [0.3, 0.4) is 0 Å². The molecule has 124 valence electrons. The van der Waals surface area contributed by atoms with E-state index < -0.39 is 5.54 Å². The molecule has 1 saturated heterocycles. The fourth-order valence-electron chi connectivity index (χ4n) is 3.76. The van der Waals surface area contributed by atoms with E-state index in [-0.39, 0.29) is 11.7 Å². The van der Waals surface area contributed by atoms with E-state index in [4.69, 9.17) is 0 Å². The number of rotatable bonds is 1. The zero-order chi connectivity index (χ0) is 16.9. The number of piperidine rings is 1. The lowest BCUT2D eigenvalue weighted by molar-refractivity contribution is -0.141. The summed E-state index contributed by atoms with van der Waals surface area (Å²) in [4.78, 5) is 14.5. The number of hydrogen-bond acceptors (Lipinski definition) is 4. The Kier molecular flexibility index (Phi) is 3.73. The van der Waals surface area contributed by atoms with Crippen LogP contribution in [0.25, 0.3) is 5.57 Å². The summed E-state index contributed by atoms with van der Waals surface area (Å²) >= 11 is 0. The van der Waals surface area contributed by atoms with Gasteiger partial charge in [0, 0.05) is 20.1 Å². The monoisotopic (exact) mass is 316 g/mol. The zero-order valence-electron chi connectivity index (χ0n) is 14.2. The highest BCUT2D eigenvalue weighted by Crippen LogP contribution is 2.44. The molecule has 2 heterocycles. The summed E-state index contributed by atoms with van der Waals surface area (Å²) in [5, 5.41) is 21.8. The van der Waals surface area contributed by atoms with Gasteiger partial charge in [-0.15, -0.1) is 0 Å². The van der Waals surface area contributed by atoms with Crippen molar-refractivity contribution < 1.29 is 15.1 Å². The van der Waals surface area contributed by atoms with Crippen molar-refractivity contribution in [2.45, 2.75) is 39.2 Å². The van der Waals surface area contributed by atoms with E-state index in [1.165, 1.54) is 10.6 Å². The molecule has 1 fully saturated rings. The highest BCUT2D eigenvalue weighted by atomic mass is 16.5. The van der Waals surface area contributed by atoms with Crippen LogP contribution in [0, 0.1) is 20.8 Å². The van der Waals surface area contributed by atoms with Gasteiger partial charge in [-0.2, -0.15) is 5.06 Å². The van der Waals surface area contributed by atoms with Gasteiger partial charge in [-0.1, -0.05) is 12.1 Å². The van der Waals surface area contributed by atoms with Crippen molar-refractivity contribution in [1.82, 2.24) is 9.96 Å². The van der Waals surface area contributed by atoms with Crippen LogP contribution in [0.2, 0.25) is 0 Å². The molecule has 1 amide bonds. The average Bonchev–Trinajstić information content (AvgIpc) is 2.68. The lowest BCUT2D eigenvalue weighted by Gasteiger charge is -2.41. The molecule has 0 radical (unpaired) electrons. The molecule has 23 heavy (non-hydrogen) atoms. The number of aliphatic hydroxyl groups is 1. The molecular weight excluding hydrogens is 292 g/mol. The maximum absolute atomic E-state index is 12.9.